The van der Waals surface area contributed by atoms with Crippen LogP contribution in [0.2, 0.25) is 5.02 Å². The van der Waals surface area contributed by atoms with Gasteiger partial charge in [-0.05, 0) is 18.2 Å². The molecule has 1 fully saturated rings. The van der Waals surface area contributed by atoms with E-state index in [1.807, 2.05) is 30.7 Å². The summed E-state index contributed by atoms with van der Waals surface area (Å²) in [6.45, 7) is 0.786. The number of anilines is 1. The highest BCUT2D eigenvalue weighted by Gasteiger charge is 2.49. The number of fused-ring (bicyclic) bond motifs is 1. The number of hydrogen-bond acceptors (Lipinski definition) is 5. The molecule has 0 spiro atoms. The Hall–Kier alpha value is -2.16. The molecule has 2 aromatic rings. The van der Waals surface area contributed by atoms with Crippen molar-refractivity contribution >= 4 is 39.1 Å². The maximum Gasteiger partial charge on any atom is 0.274 e. The quantitative estimate of drug-likeness (QED) is 0.418. The van der Waals surface area contributed by atoms with E-state index in [1.54, 1.807) is 12.1 Å². The van der Waals surface area contributed by atoms with Gasteiger partial charge in [0.2, 0.25) is 0 Å². The predicted molar refractivity (Wildman–Crippen MR) is 106 cm³/mol. The monoisotopic (exact) mass is 449 g/mol. The van der Waals surface area contributed by atoms with Crippen LogP contribution < -0.4 is 26.3 Å². The molecule has 0 bridgehead atoms. The second-order valence-electron chi connectivity index (χ2n) is 6.58. The molecule has 4 rings (SSSR count). The largest absolute Gasteiger partial charge is 0.394 e. The average molecular weight is 451 g/mol. The summed E-state index contributed by atoms with van der Waals surface area (Å²) < 4.78 is 2.10. The summed E-state index contributed by atoms with van der Waals surface area (Å²) in [6.07, 6.45) is 7.24. The zero-order valence-corrected chi connectivity index (χ0v) is 16.6. The lowest BCUT2D eigenvalue weighted by atomic mass is 9.88. The topological polar surface area (TPSA) is 96.0 Å². The van der Waals surface area contributed by atoms with Crippen LogP contribution in [0.15, 0.2) is 54.8 Å². The third kappa shape index (κ3) is 3.65. The number of rotatable bonds is 3. The molecule has 0 aromatic carbocycles. The molecule has 0 aliphatic carbocycles. The zero-order valence-electron chi connectivity index (χ0n) is 14.3. The van der Waals surface area contributed by atoms with Crippen molar-refractivity contribution in [3.8, 4) is 0 Å². The minimum Gasteiger partial charge on any atom is -0.394 e. The van der Waals surface area contributed by atoms with Crippen LogP contribution >= 0.6 is 27.5 Å². The Balaban J connectivity index is 1.60. The first-order valence-corrected chi connectivity index (χ1v) is 9.85. The number of nitrogens with two attached hydrogens (primary N) is 1. The fraction of sp³-hybridized carbons (Fsp3) is 0.278. The lowest BCUT2D eigenvalue weighted by Gasteiger charge is -2.35. The number of halogens is 2. The number of nitrogen functional groups attached to an aromatic ring is 1. The van der Waals surface area contributed by atoms with Crippen molar-refractivity contribution in [1.82, 2.24) is 20.9 Å². The Morgan fingerprint density at radius 3 is 3.00 bits per heavy atom. The SMILES string of the molecule is Nc1ccc[n+](C2C(Br)CNC3NC=C(NC(=O)c4ccc(Cl)cn4)C32)c1. The Kier molecular flexibility index (Phi) is 5.03. The minimum absolute atomic E-state index is 0.00572. The normalized spacial score (nSPS) is 26.7. The number of hydrogen-bond donors (Lipinski definition) is 4. The molecule has 0 radical (unpaired) electrons. The van der Waals surface area contributed by atoms with Gasteiger partial charge in [0.1, 0.15) is 5.69 Å². The average Bonchev–Trinajstić information content (AvgIpc) is 3.05. The van der Waals surface area contributed by atoms with Crippen LogP contribution in [0.1, 0.15) is 16.5 Å². The second-order valence-corrected chi connectivity index (χ2v) is 8.20. The highest BCUT2D eigenvalue weighted by Crippen LogP contribution is 2.35. The van der Waals surface area contributed by atoms with E-state index < -0.39 is 0 Å². The van der Waals surface area contributed by atoms with E-state index in [4.69, 9.17) is 17.3 Å². The summed E-state index contributed by atoms with van der Waals surface area (Å²) in [7, 11) is 0. The molecule has 9 heteroatoms. The summed E-state index contributed by atoms with van der Waals surface area (Å²) in [5, 5.41) is 10.3. The summed E-state index contributed by atoms with van der Waals surface area (Å²) in [4.78, 5) is 16.9. The lowest BCUT2D eigenvalue weighted by Crippen LogP contribution is -2.62. The van der Waals surface area contributed by atoms with Gasteiger partial charge >= 0.3 is 0 Å². The van der Waals surface area contributed by atoms with E-state index in [1.165, 1.54) is 6.20 Å². The molecule has 1 saturated heterocycles. The predicted octanol–water partition coefficient (Wildman–Crippen LogP) is 1.33. The van der Waals surface area contributed by atoms with Gasteiger partial charge in [0.15, 0.2) is 18.4 Å². The molecule has 4 heterocycles. The number of amides is 1. The van der Waals surface area contributed by atoms with E-state index in [-0.39, 0.29) is 28.9 Å². The number of alkyl halides is 1. The molecule has 2 aliphatic heterocycles. The van der Waals surface area contributed by atoms with Gasteiger partial charge in [0.05, 0.1) is 27.6 Å². The Morgan fingerprint density at radius 2 is 2.26 bits per heavy atom. The maximum absolute atomic E-state index is 12.6. The van der Waals surface area contributed by atoms with Gasteiger partial charge in [-0.2, -0.15) is 4.57 Å². The highest BCUT2D eigenvalue weighted by molar-refractivity contribution is 9.09. The second kappa shape index (κ2) is 7.46. The molecule has 5 N–H and O–H groups in total. The van der Waals surface area contributed by atoms with Crippen molar-refractivity contribution in [2.45, 2.75) is 17.0 Å². The molecule has 140 valence electrons. The molecule has 0 saturated carbocycles. The lowest BCUT2D eigenvalue weighted by molar-refractivity contribution is -0.728. The summed E-state index contributed by atoms with van der Waals surface area (Å²) >= 11 is 9.63. The number of nitrogens with one attached hydrogen (secondary N) is 3. The van der Waals surface area contributed by atoms with Crippen molar-refractivity contribution in [3.05, 3.63) is 65.5 Å². The third-order valence-corrected chi connectivity index (χ3v) is 5.90. The van der Waals surface area contributed by atoms with Crippen molar-refractivity contribution in [3.63, 3.8) is 0 Å². The molecule has 27 heavy (non-hydrogen) atoms. The summed E-state index contributed by atoms with van der Waals surface area (Å²) in [5.74, 6) is -0.264. The molecule has 1 amide bonds. The number of carbonyl (C=O) groups is 1. The van der Waals surface area contributed by atoms with Gasteiger partial charge in [0, 0.05) is 30.7 Å². The van der Waals surface area contributed by atoms with Crippen LogP contribution in [0.25, 0.3) is 0 Å². The van der Waals surface area contributed by atoms with Gasteiger partial charge in [-0.15, -0.1) is 0 Å². The van der Waals surface area contributed by atoms with Crippen molar-refractivity contribution in [2.24, 2.45) is 5.92 Å². The Morgan fingerprint density at radius 1 is 1.41 bits per heavy atom. The van der Waals surface area contributed by atoms with Crippen LogP contribution in [0.4, 0.5) is 5.69 Å². The van der Waals surface area contributed by atoms with Crippen molar-refractivity contribution in [2.75, 3.05) is 12.3 Å². The fourth-order valence-electron chi connectivity index (χ4n) is 3.61. The molecule has 7 nitrogen and oxygen atoms in total. The van der Waals surface area contributed by atoms with Crippen LogP contribution in [-0.4, -0.2) is 28.4 Å². The molecule has 2 aliphatic rings. The van der Waals surface area contributed by atoms with Gasteiger partial charge < -0.3 is 16.4 Å². The maximum atomic E-state index is 12.6. The van der Waals surface area contributed by atoms with Gasteiger partial charge in [0.25, 0.3) is 5.91 Å². The van der Waals surface area contributed by atoms with E-state index >= 15 is 0 Å². The molecule has 4 unspecified atom stereocenters. The molecule has 2 aromatic heterocycles. The van der Waals surface area contributed by atoms with Gasteiger partial charge in [-0.3, -0.25) is 10.1 Å². The molecular formula is C18H19BrClN6O+. The van der Waals surface area contributed by atoms with Crippen LogP contribution in [-0.2, 0) is 0 Å². The van der Waals surface area contributed by atoms with Crippen molar-refractivity contribution in [1.29, 1.82) is 0 Å². The number of nitrogens with zero attached hydrogens (tertiary/aromatic N) is 2. The number of pyridine rings is 2. The first kappa shape index (κ1) is 18.2. The first-order chi connectivity index (χ1) is 13.0. The molecular weight excluding hydrogens is 432 g/mol. The third-order valence-electron chi connectivity index (χ3n) is 4.82. The Bertz CT molecular complexity index is 890. The Labute approximate surface area is 170 Å². The van der Waals surface area contributed by atoms with Crippen LogP contribution in [0.5, 0.6) is 0 Å². The highest BCUT2D eigenvalue weighted by atomic mass is 79.9. The van der Waals surface area contributed by atoms with Gasteiger partial charge in [-0.1, -0.05) is 27.5 Å². The first-order valence-electron chi connectivity index (χ1n) is 8.55. The zero-order chi connectivity index (χ0) is 19.0. The number of aromatic nitrogens is 2. The van der Waals surface area contributed by atoms with Crippen molar-refractivity contribution < 1.29 is 9.36 Å². The summed E-state index contributed by atoms with van der Waals surface area (Å²) in [5.41, 5.74) is 7.79. The number of piperidine rings is 1. The van der Waals surface area contributed by atoms with Gasteiger partial charge in [-0.25, -0.2) is 4.98 Å². The standard InChI is InChI=1S/C18H18BrClN6O/c19-12-7-23-17-15(16(12)26-5-1-2-11(21)9-26)14(8-24-17)25-18(27)13-4-3-10(20)6-22-13/h1-6,8-9,12,15-17,23H,7,21H2,(H-,22,24,25,27)/p+1. The van der Waals surface area contributed by atoms with Crippen LogP contribution in [0, 0.1) is 5.92 Å². The van der Waals surface area contributed by atoms with E-state index in [9.17, 15) is 4.79 Å². The van der Waals surface area contributed by atoms with E-state index in [0.717, 1.165) is 12.2 Å². The van der Waals surface area contributed by atoms with Crippen LogP contribution in [0.3, 0.4) is 0 Å². The fourth-order valence-corrected chi connectivity index (χ4v) is 4.51. The summed E-state index contributed by atoms with van der Waals surface area (Å²) in [6, 6.07) is 7.10. The van der Waals surface area contributed by atoms with E-state index in [0.29, 0.717) is 16.4 Å². The minimum atomic E-state index is -0.270. The number of carbonyl (C=O) groups excluding carboxylic acids is 1. The molecule has 4 atom stereocenters. The van der Waals surface area contributed by atoms with E-state index in [2.05, 4.69) is 41.4 Å². The smallest absolute Gasteiger partial charge is 0.274 e.